The van der Waals surface area contributed by atoms with E-state index in [4.69, 9.17) is 0 Å². The zero-order valence-corrected chi connectivity index (χ0v) is 2.86. The maximum absolute atomic E-state index is 2.22. The van der Waals surface area contributed by atoms with Crippen molar-refractivity contribution in [3.8, 4) is 0 Å². The van der Waals surface area contributed by atoms with Crippen LogP contribution < -0.4 is 0 Å². The fraction of sp³-hybridized carbons (Fsp3) is 0.200. The molecule has 0 fully saturated rings. The van der Waals surface area contributed by atoms with Gasteiger partial charge in [-0.15, -0.1) is 0 Å². The smallest absolute Gasteiger partial charge is 0.00254 e. The summed E-state index contributed by atoms with van der Waals surface area (Å²) in [4.78, 5) is 0. The molecule has 0 aromatic carbocycles. The molecule has 0 aromatic rings. The summed E-state index contributed by atoms with van der Waals surface area (Å²) >= 11 is 0. The molecule has 24 valence electrons. The van der Waals surface area contributed by atoms with E-state index in [-0.39, 0.29) is 0 Å². The van der Waals surface area contributed by atoms with Gasteiger partial charge in [-0.3, -0.25) is 0 Å². The van der Waals surface area contributed by atoms with E-state index in [2.05, 4.69) is 12.2 Å². The van der Waals surface area contributed by atoms with Crippen molar-refractivity contribution in [3.63, 3.8) is 0 Å². The SMILES string of the molecule is C1=C2C=C1C2. The zero-order valence-electron chi connectivity index (χ0n) is 2.86. The van der Waals surface area contributed by atoms with Gasteiger partial charge in [-0.25, -0.2) is 0 Å². The first kappa shape index (κ1) is 1.81. The van der Waals surface area contributed by atoms with Crippen molar-refractivity contribution in [2.24, 2.45) is 0 Å². The van der Waals surface area contributed by atoms with E-state index >= 15 is 0 Å². The normalized spacial score (nSPS) is 25.6. The minimum Gasteiger partial charge on any atom is -0.0551 e. The first-order valence-electron chi connectivity index (χ1n) is 1.86. The lowest BCUT2D eigenvalue weighted by Gasteiger charge is -2.25. The minimum atomic E-state index is 1.31. The van der Waals surface area contributed by atoms with Crippen LogP contribution in [0, 0.1) is 0 Å². The van der Waals surface area contributed by atoms with Crippen LogP contribution in [0.4, 0.5) is 0 Å². The van der Waals surface area contributed by atoms with Gasteiger partial charge in [0.2, 0.25) is 0 Å². The van der Waals surface area contributed by atoms with Crippen LogP contribution in [0.1, 0.15) is 6.42 Å². The Morgan fingerprint density at radius 3 is 1.40 bits per heavy atom. The molecule has 0 spiro atoms. The molecule has 3 rings (SSSR count). The van der Waals surface area contributed by atoms with Crippen LogP contribution in [0.15, 0.2) is 23.3 Å². The van der Waals surface area contributed by atoms with E-state index in [1.54, 1.807) is 11.1 Å². The lowest BCUT2D eigenvalue weighted by Crippen LogP contribution is -2.06. The molecule has 0 saturated carbocycles. The second-order valence-corrected chi connectivity index (χ2v) is 1.62. The molecular formula is C5H4. The Hall–Kier alpha value is -0.520. The Morgan fingerprint density at radius 2 is 1.40 bits per heavy atom. The van der Waals surface area contributed by atoms with E-state index in [1.807, 2.05) is 0 Å². The van der Waals surface area contributed by atoms with Crippen molar-refractivity contribution in [1.82, 2.24) is 0 Å². The minimum absolute atomic E-state index is 1.31. The Bertz CT molecular complexity index is 105. The van der Waals surface area contributed by atoms with Gasteiger partial charge < -0.3 is 0 Å². The Balaban J connectivity index is 2.78. The predicted octanol–water partition coefficient (Wildman–Crippen LogP) is 1.26. The molecule has 5 heavy (non-hydrogen) atoms. The van der Waals surface area contributed by atoms with Gasteiger partial charge in [-0.05, 0) is 17.6 Å². The molecule has 0 heterocycles. The molecule has 0 N–H and O–H groups in total. The molecule has 0 nitrogen and oxygen atoms in total. The van der Waals surface area contributed by atoms with Gasteiger partial charge in [0, 0.05) is 0 Å². The highest BCUT2D eigenvalue weighted by Gasteiger charge is 2.18. The van der Waals surface area contributed by atoms with Crippen LogP contribution in [-0.4, -0.2) is 0 Å². The molecule has 3 aliphatic rings. The molecule has 0 saturated heterocycles. The van der Waals surface area contributed by atoms with E-state index in [1.165, 1.54) is 6.42 Å². The topological polar surface area (TPSA) is 0 Å². The van der Waals surface area contributed by atoms with Crippen LogP contribution in [0.2, 0.25) is 0 Å². The van der Waals surface area contributed by atoms with Crippen molar-refractivity contribution in [3.05, 3.63) is 23.3 Å². The van der Waals surface area contributed by atoms with Gasteiger partial charge in [0.15, 0.2) is 0 Å². The van der Waals surface area contributed by atoms with E-state index in [0.717, 1.165) is 0 Å². The van der Waals surface area contributed by atoms with Crippen molar-refractivity contribution in [2.45, 2.75) is 6.42 Å². The zero-order chi connectivity index (χ0) is 3.28. The van der Waals surface area contributed by atoms with Gasteiger partial charge in [-0.2, -0.15) is 0 Å². The largest absolute Gasteiger partial charge is 0.0551 e. The predicted molar refractivity (Wildman–Crippen MR) is 20.8 cm³/mol. The quantitative estimate of drug-likeness (QED) is 0.397. The van der Waals surface area contributed by atoms with Crippen LogP contribution in [0.5, 0.6) is 0 Å². The number of rotatable bonds is 0. The van der Waals surface area contributed by atoms with Crippen molar-refractivity contribution in [2.75, 3.05) is 0 Å². The first-order valence-corrected chi connectivity index (χ1v) is 1.86. The van der Waals surface area contributed by atoms with Gasteiger partial charge in [0.25, 0.3) is 0 Å². The van der Waals surface area contributed by atoms with Crippen LogP contribution in [0.25, 0.3) is 0 Å². The number of hydrogen-bond donors (Lipinski definition) is 0. The summed E-state index contributed by atoms with van der Waals surface area (Å²) in [6, 6.07) is 0. The number of hydrogen-bond acceptors (Lipinski definition) is 0. The van der Waals surface area contributed by atoms with Crippen LogP contribution in [0.3, 0.4) is 0 Å². The monoisotopic (exact) mass is 64.0 g/mol. The van der Waals surface area contributed by atoms with Gasteiger partial charge in [0.05, 0.1) is 0 Å². The van der Waals surface area contributed by atoms with Gasteiger partial charge in [-0.1, -0.05) is 12.2 Å². The summed E-state index contributed by atoms with van der Waals surface area (Å²) in [5.74, 6) is 0. The Morgan fingerprint density at radius 1 is 1.20 bits per heavy atom. The highest BCUT2D eigenvalue weighted by Crippen LogP contribution is 2.37. The molecule has 0 unspecified atom stereocenters. The molecule has 0 heteroatoms. The molecule has 3 aliphatic carbocycles. The average Bonchev–Trinajstić information content (AvgIpc) is 0.592. The molecule has 0 radical (unpaired) electrons. The highest BCUT2D eigenvalue weighted by molar-refractivity contribution is 5.58. The third-order valence-electron chi connectivity index (χ3n) is 1.15. The fourth-order valence-electron chi connectivity index (χ4n) is 0.641. The summed E-state index contributed by atoms with van der Waals surface area (Å²) in [7, 11) is 0. The molecule has 2 bridgehead atoms. The second kappa shape index (κ2) is 0.298. The van der Waals surface area contributed by atoms with E-state index in [0.29, 0.717) is 0 Å². The number of allylic oxidation sites excluding steroid dienone is 4. The summed E-state index contributed by atoms with van der Waals surface area (Å²) in [5, 5.41) is 0. The maximum atomic E-state index is 2.22. The third kappa shape index (κ3) is 0.0578. The molecular weight excluding hydrogens is 60.1 g/mol. The molecule has 0 amide bonds. The van der Waals surface area contributed by atoms with Crippen molar-refractivity contribution in [1.29, 1.82) is 0 Å². The summed E-state index contributed by atoms with van der Waals surface area (Å²) in [6.45, 7) is 0. The second-order valence-electron chi connectivity index (χ2n) is 1.62. The van der Waals surface area contributed by atoms with Crippen LogP contribution >= 0.6 is 0 Å². The maximum Gasteiger partial charge on any atom is -0.00254 e. The Labute approximate surface area is 30.8 Å². The van der Waals surface area contributed by atoms with Gasteiger partial charge in [0.1, 0.15) is 0 Å². The Kier molecular flexibility index (Phi) is 0.108. The van der Waals surface area contributed by atoms with Crippen LogP contribution in [-0.2, 0) is 0 Å². The van der Waals surface area contributed by atoms with Gasteiger partial charge >= 0.3 is 0 Å². The van der Waals surface area contributed by atoms with Crippen molar-refractivity contribution >= 4 is 0 Å². The van der Waals surface area contributed by atoms with E-state index in [9.17, 15) is 0 Å². The standard InChI is InChI=1S/C5H4/c1-4-2-5(1)3-4/h1-2H,3H2. The third-order valence-corrected chi connectivity index (χ3v) is 1.15. The lowest BCUT2D eigenvalue weighted by atomic mass is 9.80. The molecule has 0 aliphatic heterocycles. The molecule has 0 atom stereocenters. The summed E-state index contributed by atoms with van der Waals surface area (Å²) in [5.41, 5.74) is 3.08. The van der Waals surface area contributed by atoms with E-state index < -0.39 is 0 Å². The van der Waals surface area contributed by atoms with Crippen molar-refractivity contribution < 1.29 is 0 Å². The fourth-order valence-corrected chi connectivity index (χ4v) is 0.641. The molecule has 0 aromatic heterocycles. The summed E-state index contributed by atoms with van der Waals surface area (Å²) < 4.78 is 0. The highest BCUT2D eigenvalue weighted by atomic mass is 14.2. The average molecular weight is 64.1 g/mol. The first-order chi connectivity index (χ1) is 2.45. The summed E-state index contributed by atoms with van der Waals surface area (Å²) in [6.07, 6.45) is 5.75. The lowest BCUT2D eigenvalue weighted by molar-refractivity contribution is 1.01.